The number of carbonyl (C=O) groups is 2. The zero-order chi connectivity index (χ0) is 38.3. The van der Waals surface area contributed by atoms with Crippen molar-refractivity contribution in [3.63, 3.8) is 0 Å². The van der Waals surface area contributed by atoms with Crippen molar-refractivity contribution in [1.82, 2.24) is 9.97 Å². The molecule has 2 heterocycles. The molecule has 2 aromatic carbocycles. The van der Waals surface area contributed by atoms with E-state index in [2.05, 4.69) is 9.69 Å². The summed E-state index contributed by atoms with van der Waals surface area (Å²) in [5, 5.41) is 21.3. The van der Waals surface area contributed by atoms with Gasteiger partial charge in [-0.15, -0.1) is 22.7 Å². The molecule has 0 bridgehead atoms. The molecule has 56 heavy (non-hydrogen) atoms. The van der Waals surface area contributed by atoms with Crippen LogP contribution in [0, 0.1) is 35.8 Å². The van der Waals surface area contributed by atoms with Gasteiger partial charge in [-0.1, -0.05) is 87.1 Å². The molecule has 0 saturated heterocycles. The van der Waals surface area contributed by atoms with Crippen LogP contribution in [0.5, 0.6) is 0 Å². The largest absolute Gasteiger partial charge is 0.289 e. The second-order valence-corrected chi connectivity index (χ2v) is 17.3. The van der Waals surface area contributed by atoms with Crippen molar-refractivity contribution in [2.75, 3.05) is 0 Å². The molecule has 4 aromatic rings. The number of benzene rings is 2. The Morgan fingerprint density at radius 3 is 1.36 bits per heavy atom. The molecule has 268 valence electrons. The van der Waals surface area contributed by atoms with Crippen molar-refractivity contribution in [1.29, 1.82) is 10.5 Å². The summed E-state index contributed by atoms with van der Waals surface area (Å²) in [6.07, 6.45) is 14.0. The van der Waals surface area contributed by atoms with Crippen LogP contribution in [0.1, 0.15) is 127 Å². The maximum absolute atomic E-state index is 13.9. The molecule has 10 rings (SSSR count). The Labute approximate surface area is 331 Å². The predicted molar refractivity (Wildman–Crippen MR) is 216 cm³/mol. The van der Waals surface area contributed by atoms with Crippen LogP contribution in [0.15, 0.2) is 71.1 Å². The van der Waals surface area contributed by atoms with E-state index in [1.807, 2.05) is 24.3 Å². The van der Waals surface area contributed by atoms with Gasteiger partial charge in [0.15, 0.2) is 11.6 Å². The summed E-state index contributed by atoms with van der Waals surface area (Å²) >= 11 is 3.22. The topological polar surface area (TPSA) is 116 Å². The van der Waals surface area contributed by atoms with Crippen molar-refractivity contribution in [2.45, 2.75) is 75.0 Å². The monoisotopic (exact) mass is 762 g/mol. The van der Waals surface area contributed by atoms with Crippen molar-refractivity contribution < 1.29 is 9.59 Å². The molecule has 2 fully saturated rings. The number of hydrogen-bond donors (Lipinski definition) is 0. The van der Waals surface area contributed by atoms with E-state index in [-0.39, 0.29) is 33.8 Å². The number of aromatic nitrogens is 2. The molecule has 8 nitrogen and oxygen atoms in total. The van der Waals surface area contributed by atoms with Gasteiger partial charge in [0.25, 0.3) is 11.4 Å². The summed E-state index contributed by atoms with van der Waals surface area (Å²) < 4.78 is 0. The first-order valence-corrected chi connectivity index (χ1v) is 20.6. The SMILES string of the molecule is [C-]#[N+]C(C#N)=C1/C(=C/c2nc3c(s2)C2=C(c4sc(/C=C5\C(=O)c6ccccc6\C5=C(\C#N)[N+]#[C-])nc4C24CCCCC4)C32CCCCC2)C(=O)c2ccccc21. The minimum absolute atomic E-state index is 0.102. The van der Waals surface area contributed by atoms with Crippen molar-refractivity contribution in [3.05, 3.63) is 147 Å². The smallest absolute Gasteiger partial charge is 0.270 e. The van der Waals surface area contributed by atoms with Crippen LogP contribution < -0.4 is 0 Å². The molecule has 6 aliphatic carbocycles. The molecule has 0 N–H and O–H groups in total. The average molecular weight is 763 g/mol. The second kappa shape index (κ2) is 12.6. The first-order chi connectivity index (χ1) is 27.4. The first-order valence-electron chi connectivity index (χ1n) is 18.9. The Balaban J connectivity index is 1.16. The summed E-state index contributed by atoms with van der Waals surface area (Å²) in [5.41, 5.74) is 7.61. The van der Waals surface area contributed by atoms with Gasteiger partial charge in [-0.25, -0.2) is 30.2 Å². The van der Waals surface area contributed by atoms with Crippen molar-refractivity contribution in [3.8, 4) is 12.1 Å². The summed E-state index contributed by atoms with van der Waals surface area (Å²) in [5.74, 6) is -0.403. The van der Waals surface area contributed by atoms with E-state index >= 15 is 0 Å². The Bertz CT molecular complexity index is 2630. The molecule has 2 aromatic heterocycles. The molecule has 0 amide bonds. The normalized spacial score (nSPS) is 22.6. The van der Waals surface area contributed by atoms with Crippen LogP contribution in [0.2, 0.25) is 0 Å². The number of nitrogens with zero attached hydrogens (tertiary/aromatic N) is 6. The lowest BCUT2D eigenvalue weighted by molar-refractivity contribution is 0.103. The number of Topliss-reactive ketones (excluding diaryl/α,β-unsaturated/α-hetero) is 2. The fraction of sp³-hybridized carbons (Fsp3) is 0.261. The maximum atomic E-state index is 13.9. The highest BCUT2D eigenvalue weighted by molar-refractivity contribution is 7.15. The highest BCUT2D eigenvalue weighted by atomic mass is 32.1. The molecule has 0 radical (unpaired) electrons. The Morgan fingerprint density at radius 1 is 0.625 bits per heavy atom. The molecule has 2 saturated carbocycles. The average Bonchev–Trinajstić information content (AvgIpc) is 4.05. The fourth-order valence-corrected chi connectivity index (χ4v) is 12.9. The van der Waals surface area contributed by atoms with Gasteiger partial charge >= 0.3 is 0 Å². The summed E-state index contributed by atoms with van der Waals surface area (Å²) in [4.78, 5) is 47.9. The molecule has 10 heteroatoms. The number of ketones is 2. The standard InChI is InChI=1S/C46H30N6O2S2/c1-49-31(23-47)35-25-13-5-7-15-27(25)39(53)29(35)21-33-51-43-41(55-33)37-38(45(43)17-9-3-10-18-45)42-44(46(37)19-11-4-12-20-46)52-34(56-42)22-30-36(32(24-48)50-2)26-14-6-8-16-28(26)40(30)54/h5-8,13-16,21-22H,3-4,9-12,17-20H2/b29-21-,30-22-,35-31+,36-32?. The molecule has 0 aliphatic heterocycles. The lowest BCUT2D eigenvalue weighted by Crippen LogP contribution is -2.29. The number of nitriles is 2. The summed E-state index contributed by atoms with van der Waals surface area (Å²) in [6, 6.07) is 18.4. The Morgan fingerprint density at radius 2 is 1.00 bits per heavy atom. The zero-order valence-electron chi connectivity index (χ0n) is 30.2. The number of thiazole rings is 2. The number of rotatable bonds is 2. The minimum Gasteiger partial charge on any atom is -0.289 e. The van der Waals surface area contributed by atoms with Gasteiger partial charge < -0.3 is 0 Å². The summed E-state index contributed by atoms with van der Waals surface area (Å²) in [6.45, 7) is 15.5. The fourth-order valence-electron chi connectivity index (χ4n) is 10.4. The molecular formula is C46H30N6O2S2. The van der Waals surface area contributed by atoms with Crippen LogP contribution in [0.25, 0.3) is 44.1 Å². The van der Waals surface area contributed by atoms with Crippen molar-refractivity contribution >= 4 is 68.7 Å². The number of hydrogen-bond acceptors (Lipinski definition) is 8. The Kier molecular flexibility index (Phi) is 7.71. The molecule has 2 spiro atoms. The van der Waals surface area contributed by atoms with Gasteiger partial charge in [0.05, 0.1) is 46.4 Å². The van der Waals surface area contributed by atoms with Gasteiger partial charge in [0.2, 0.25) is 0 Å². The summed E-state index contributed by atoms with van der Waals surface area (Å²) in [7, 11) is 0. The highest BCUT2D eigenvalue weighted by Crippen LogP contribution is 2.70. The lowest BCUT2D eigenvalue weighted by Gasteiger charge is -2.35. The van der Waals surface area contributed by atoms with Crippen LogP contribution in [0.3, 0.4) is 0 Å². The highest BCUT2D eigenvalue weighted by Gasteiger charge is 2.60. The minimum atomic E-state index is -0.318. The van der Waals surface area contributed by atoms with E-state index in [0.717, 1.165) is 75.6 Å². The van der Waals surface area contributed by atoms with E-state index < -0.39 is 0 Å². The third kappa shape index (κ3) is 4.52. The van der Waals surface area contributed by atoms with Gasteiger partial charge in [0, 0.05) is 44.2 Å². The van der Waals surface area contributed by atoms with E-state index in [1.54, 1.807) is 71.2 Å². The lowest BCUT2D eigenvalue weighted by atomic mass is 9.68. The van der Waals surface area contributed by atoms with E-state index in [9.17, 15) is 20.1 Å². The van der Waals surface area contributed by atoms with E-state index in [0.29, 0.717) is 54.6 Å². The predicted octanol–water partition coefficient (Wildman–Crippen LogP) is 10.8. The third-order valence-corrected chi connectivity index (χ3v) is 14.7. The second-order valence-electron chi connectivity index (χ2n) is 15.3. The van der Waals surface area contributed by atoms with Crippen LogP contribution >= 0.6 is 22.7 Å². The van der Waals surface area contributed by atoms with Crippen LogP contribution in [-0.4, -0.2) is 21.5 Å². The van der Waals surface area contributed by atoms with Gasteiger partial charge in [-0.3, -0.25) is 9.59 Å². The van der Waals surface area contributed by atoms with Crippen molar-refractivity contribution in [2.24, 2.45) is 0 Å². The third-order valence-electron chi connectivity index (χ3n) is 12.6. The molecule has 0 atom stereocenters. The maximum Gasteiger partial charge on any atom is 0.270 e. The van der Waals surface area contributed by atoms with Gasteiger partial charge in [-0.2, -0.15) is 0 Å². The van der Waals surface area contributed by atoms with Crippen LogP contribution in [0.4, 0.5) is 0 Å². The Hall–Kier alpha value is -6.30. The molecule has 0 unspecified atom stereocenters. The first kappa shape index (κ1) is 34.2. The quantitative estimate of drug-likeness (QED) is 0.114. The van der Waals surface area contributed by atoms with Gasteiger partial charge in [-0.05, 0) is 60.1 Å². The number of allylic oxidation sites excluding steroid dienone is 8. The molecular weight excluding hydrogens is 733 g/mol. The van der Waals surface area contributed by atoms with Crippen LogP contribution in [-0.2, 0) is 10.8 Å². The van der Waals surface area contributed by atoms with E-state index in [1.165, 1.54) is 20.9 Å². The van der Waals surface area contributed by atoms with Gasteiger partial charge in [0.1, 0.15) is 10.0 Å². The number of fused-ring (bicyclic) bond motifs is 10. The zero-order valence-corrected chi connectivity index (χ0v) is 31.8. The number of carbonyl (C=O) groups excluding carboxylic acids is 2. The van der Waals surface area contributed by atoms with E-state index in [4.69, 9.17) is 23.1 Å². The molecule has 6 aliphatic rings.